The number of pyridine rings is 1. The van der Waals surface area contributed by atoms with E-state index in [9.17, 15) is 4.79 Å². The maximum Gasteiger partial charge on any atom is 0.133 e. The number of carbonyl (C=O) groups is 1. The summed E-state index contributed by atoms with van der Waals surface area (Å²) in [4.78, 5) is 29.7. The summed E-state index contributed by atoms with van der Waals surface area (Å²) >= 11 is 0. The number of piperazine rings is 1. The first-order chi connectivity index (χ1) is 14.2. The van der Waals surface area contributed by atoms with Gasteiger partial charge in [0.1, 0.15) is 23.8 Å². The fourth-order valence-electron chi connectivity index (χ4n) is 3.79. The van der Waals surface area contributed by atoms with Crippen molar-refractivity contribution in [2.24, 2.45) is 0 Å². The molecule has 0 unspecified atom stereocenters. The van der Waals surface area contributed by atoms with Gasteiger partial charge >= 0.3 is 0 Å². The molecule has 2 saturated heterocycles. The van der Waals surface area contributed by atoms with Crippen LogP contribution in [0.15, 0.2) is 30.5 Å². The highest BCUT2D eigenvalue weighted by molar-refractivity contribution is 5.93. The van der Waals surface area contributed by atoms with Gasteiger partial charge in [0.15, 0.2) is 0 Å². The molecule has 0 bridgehead atoms. The van der Waals surface area contributed by atoms with Crippen LogP contribution in [0.4, 0.5) is 5.82 Å². The van der Waals surface area contributed by atoms with E-state index in [1.54, 1.807) is 12.3 Å². The number of aromatic amines is 1. The van der Waals surface area contributed by atoms with Gasteiger partial charge in [0.2, 0.25) is 0 Å². The summed E-state index contributed by atoms with van der Waals surface area (Å²) in [6, 6.07) is 6.00. The van der Waals surface area contributed by atoms with E-state index in [1.165, 1.54) is 0 Å². The van der Waals surface area contributed by atoms with Gasteiger partial charge in [-0.3, -0.25) is 10.3 Å². The Labute approximate surface area is 170 Å². The lowest BCUT2D eigenvalue weighted by Gasteiger charge is -2.34. The molecule has 0 radical (unpaired) electrons. The second-order valence-corrected chi connectivity index (χ2v) is 7.43. The maximum atomic E-state index is 10.7. The number of aldehydes is 1. The average Bonchev–Trinajstić information content (AvgIpc) is 3.45. The Morgan fingerprint density at radius 3 is 2.69 bits per heavy atom. The van der Waals surface area contributed by atoms with E-state index < -0.39 is 0 Å². The molecule has 8 heteroatoms. The number of amidine groups is 1. The summed E-state index contributed by atoms with van der Waals surface area (Å²) in [5.74, 6) is 2.20. The summed E-state index contributed by atoms with van der Waals surface area (Å²) in [7, 11) is 0. The molecule has 0 aliphatic carbocycles. The molecule has 2 N–H and O–H groups in total. The molecule has 152 valence electrons. The van der Waals surface area contributed by atoms with E-state index in [1.807, 2.05) is 24.3 Å². The highest BCUT2D eigenvalue weighted by Crippen LogP contribution is 2.20. The van der Waals surface area contributed by atoms with Gasteiger partial charge in [0.25, 0.3) is 0 Å². The van der Waals surface area contributed by atoms with Crippen molar-refractivity contribution in [1.82, 2.24) is 24.8 Å². The summed E-state index contributed by atoms with van der Waals surface area (Å²) in [5, 5.41) is 8.15. The smallest absolute Gasteiger partial charge is 0.133 e. The Hall–Kier alpha value is -3.00. The molecule has 0 spiro atoms. The molecule has 2 aliphatic rings. The quantitative estimate of drug-likeness (QED) is 0.442. The number of nitrogens with zero attached hydrogens (tertiary/aromatic N) is 5. The second-order valence-electron chi connectivity index (χ2n) is 7.43. The molecule has 8 nitrogen and oxygen atoms in total. The molecule has 4 heterocycles. The standard InChI is InChI=1S/C21H27N7O/c22-19(27-8-1-2-9-27)6-7-20-23-16-18(24-20)17-4-3-5-21(25-17)28-12-10-26(11-13-28)14-15-29/h3-7,15-16,22H,1-2,8-14H2,(H,23,24)/b7-6-,22-19?. The fourth-order valence-corrected chi connectivity index (χ4v) is 3.79. The number of likely N-dealkylation sites (tertiary alicyclic amines) is 1. The number of imidazole rings is 1. The van der Waals surface area contributed by atoms with Gasteiger partial charge in [-0.2, -0.15) is 0 Å². The Bertz CT molecular complexity index is 877. The lowest BCUT2D eigenvalue weighted by molar-refractivity contribution is -0.108. The Kier molecular flexibility index (Phi) is 6.00. The van der Waals surface area contributed by atoms with E-state index in [0.29, 0.717) is 12.4 Å². The number of hydrogen-bond donors (Lipinski definition) is 2. The van der Waals surface area contributed by atoms with E-state index >= 15 is 0 Å². The molecule has 2 fully saturated rings. The van der Waals surface area contributed by atoms with Crippen LogP contribution in [0.5, 0.6) is 0 Å². The predicted octanol–water partition coefficient (Wildman–Crippen LogP) is 1.88. The highest BCUT2D eigenvalue weighted by Gasteiger charge is 2.18. The van der Waals surface area contributed by atoms with Gasteiger partial charge < -0.3 is 19.6 Å². The van der Waals surface area contributed by atoms with Crippen molar-refractivity contribution in [3.05, 3.63) is 36.3 Å². The van der Waals surface area contributed by atoms with Crippen LogP contribution >= 0.6 is 0 Å². The normalized spacial score (nSPS) is 17.9. The van der Waals surface area contributed by atoms with Gasteiger partial charge in [-0.05, 0) is 37.1 Å². The van der Waals surface area contributed by atoms with E-state index in [-0.39, 0.29) is 0 Å². The Morgan fingerprint density at radius 1 is 1.14 bits per heavy atom. The third-order valence-electron chi connectivity index (χ3n) is 5.48. The Morgan fingerprint density at radius 2 is 1.93 bits per heavy atom. The van der Waals surface area contributed by atoms with E-state index in [2.05, 4.69) is 24.7 Å². The largest absolute Gasteiger partial charge is 0.357 e. The zero-order chi connectivity index (χ0) is 20.1. The van der Waals surface area contributed by atoms with Crippen molar-refractivity contribution in [3.8, 4) is 11.4 Å². The van der Waals surface area contributed by atoms with Crippen molar-refractivity contribution >= 4 is 24.0 Å². The lowest BCUT2D eigenvalue weighted by Crippen LogP contribution is -2.47. The lowest BCUT2D eigenvalue weighted by atomic mass is 10.2. The minimum Gasteiger partial charge on any atom is -0.357 e. The summed E-state index contributed by atoms with van der Waals surface area (Å²) in [6.45, 7) is 5.89. The van der Waals surface area contributed by atoms with Crippen LogP contribution in [0.25, 0.3) is 17.5 Å². The van der Waals surface area contributed by atoms with E-state index in [4.69, 9.17) is 10.4 Å². The fraction of sp³-hybridized carbons (Fsp3) is 0.429. The van der Waals surface area contributed by atoms with Crippen molar-refractivity contribution in [1.29, 1.82) is 5.41 Å². The minimum absolute atomic E-state index is 0.501. The molecular weight excluding hydrogens is 366 g/mol. The first-order valence-corrected chi connectivity index (χ1v) is 10.2. The van der Waals surface area contributed by atoms with Crippen LogP contribution in [-0.2, 0) is 4.79 Å². The molecule has 4 rings (SSSR count). The number of H-pyrrole nitrogens is 1. The van der Waals surface area contributed by atoms with Crippen LogP contribution in [0.1, 0.15) is 18.7 Å². The average molecular weight is 393 g/mol. The number of carbonyl (C=O) groups excluding carboxylic acids is 1. The van der Waals surface area contributed by atoms with Crippen LogP contribution < -0.4 is 4.90 Å². The number of anilines is 1. The number of nitrogens with one attached hydrogen (secondary N) is 2. The molecule has 0 atom stereocenters. The molecule has 0 saturated carbocycles. The zero-order valence-electron chi connectivity index (χ0n) is 16.5. The van der Waals surface area contributed by atoms with Gasteiger partial charge in [-0.25, -0.2) is 9.97 Å². The van der Waals surface area contributed by atoms with Gasteiger partial charge in [0, 0.05) is 39.3 Å². The van der Waals surface area contributed by atoms with Crippen LogP contribution in [0.2, 0.25) is 0 Å². The molecule has 2 aromatic rings. The summed E-state index contributed by atoms with van der Waals surface area (Å²) < 4.78 is 0. The third kappa shape index (κ3) is 4.71. The van der Waals surface area contributed by atoms with E-state index in [0.717, 1.165) is 81.4 Å². The van der Waals surface area contributed by atoms with Crippen LogP contribution in [-0.4, -0.2) is 82.7 Å². The second kappa shape index (κ2) is 9.00. The van der Waals surface area contributed by atoms with Crippen LogP contribution in [0, 0.1) is 5.41 Å². The molecule has 2 aliphatic heterocycles. The monoisotopic (exact) mass is 393 g/mol. The number of rotatable bonds is 6. The highest BCUT2D eigenvalue weighted by atomic mass is 16.1. The molecular formula is C21H27N7O. The predicted molar refractivity (Wildman–Crippen MR) is 114 cm³/mol. The van der Waals surface area contributed by atoms with Crippen molar-refractivity contribution < 1.29 is 4.79 Å². The topological polar surface area (TPSA) is 92.2 Å². The molecule has 0 amide bonds. The van der Waals surface area contributed by atoms with Crippen molar-refractivity contribution in [2.45, 2.75) is 12.8 Å². The van der Waals surface area contributed by atoms with Crippen molar-refractivity contribution in [3.63, 3.8) is 0 Å². The van der Waals surface area contributed by atoms with Gasteiger partial charge in [-0.15, -0.1) is 0 Å². The summed E-state index contributed by atoms with van der Waals surface area (Å²) in [5.41, 5.74) is 1.71. The minimum atomic E-state index is 0.501. The molecule has 2 aromatic heterocycles. The maximum absolute atomic E-state index is 10.7. The van der Waals surface area contributed by atoms with Gasteiger partial charge in [0.05, 0.1) is 24.1 Å². The van der Waals surface area contributed by atoms with Crippen LogP contribution in [0.3, 0.4) is 0 Å². The zero-order valence-corrected chi connectivity index (χ0v) is 16.5. The first-order valence-electron chi connectivity index (χ1n) is 10.2. The molecule has 29 heavy (non-hydrogen) atoms. The number of hydrogen-bond acceptors (Lipinski definition) is 6. The van der Waals surface area contributed by atoms with Crippen molar-refractivity contribution in [2.75, 3.05) is 50.7 Å². The summed E-state index contributed by atoms with van der Waals surface area (Å²) in [6.07, 6.45) is 8.72. The molecule has 0 aromatic carbocycles. The first kappa shape index (κ1) is 19.3. The Balaban J connectivity index is 1.41. The number of aromatic nitrogens is 3. The third-order valence-corrected chi connectivity index (χ3v) is 5.48. The van der Waals surface area contributed by atoms with Gasteiger partial charge in [-0.1, -0.05) is 6.07 Å². The SMILES string of the molecule is N=C(/C=C\c1ncc(-c2cccc(N3CCN(CC=O)CC3)n2)[nH]1)N1CCCC1.